The first-order valence-corrected chi connectivity index (χ1v) is 7.87. The highest BCUT2D eigenvalue weighted by Crippen LogP contribution is 2.19. The van der Waals surface area contributed by atoms with Crippen molar-refractivity contribution in [2.24, 2.45) is 4.99 Å². The number of rotatable bonds is 3. The second-order valence-corrected chi connectivity index (χ2v) is 6.56. The van der Waals surface area contributed by atoms with Gasteiger partial charge in [0.15, 0.2) is 0 Å². The summed E-state index contributed by atoms with van der Waals surface area (Å²) in [4.78, 5) is 14.9. The number of carbonyl (C=O) groups excluding carboxylic acids is 1. The molecule has 1 aliphatic heterocycles. The van der Waals surface area contributed by atoms with Crippen LogP contribution in [0.2, 0.25) is 0 Å². The van der Waals surface area contributed by atoms with Gasteiger partial charge in [-0.05, 0) is 48.9 Å². The van der Waals surface area contributed by atoms with Gasteiger partial charge >= 0.3 is 0 Å². The summed E-state index contributed by atoms with van der Waals surface area (Å²) in [5, 5.41) is 0.908. The number of nitrogens with one attached hydrogen (secondary N) is 1. The monoisotopic (exact) mass is 318 g/mol. The highest BCUT2D eigenvalue weighted by atomic mass is 32.2. The number of nitrogens with zero attached hydrogens (tertiary/aromatic N) is 1. The topological polar surface area (TPSA) is 75.6 Å². The molecule has 0 saturated carbocycles. The van der Waals surface area contributed by atoms with E-state index in [1.54, 1.807) is 6.92 Å². The molecule has 0 aliphatic carbocycles. The summed E-state index contributed by atoms with van der Waals surface area (Å²) in [6, 6.07) is 8.01. The molecule has 1 heterocycles. The molecule has 1 N–H and O–H groups in total. The van der Waals surface area contributed by atoms with Gasteiger partial charge in [-0.2, -0.15) is 0 Å². The van der Waals surface area contributed by atoms with Crippen molar-refractivity contribution in [2.45, 2.75) is 11.8 Å². The van der Waals surface area contributed by atoms with Gasteiger partial charge < -0.3 is 0 Å². The number of aryl methyl sites for hydroxylation is 1. The Bertz CT molecular complexity index is 1010. The van der Waals surface area contributed by atoms with Crippen LogP contribution in [0.5, 0.6) is 0 Å². The van der Waals surface area contributed by atoms with Crippen LogP contribution in [0.15, 0.2) is 46.3 Å². The van der Waals surface area contributed by atoms with Gasteiger partial charge in [-0.15, -0.1) is 0 Å². The fraction of sp³-hybridized carbons (Fsp3) is 0.0667. The Hall–Kier alpha value is -2.54. The maximum absolute atomic E-state index is 13.1. The van der Waals surface area contributed by atoms with E-state index in [0.29, 0.717) is 21.8 Å². The Kier molecular flexibility index (Phi) is 3.29. The highest BCUT2D eigenvalue weighted by Gasteiger charge is 2.16. The molecule has 0 saturated heterocycles. The first kappa shape index (κ1) is 14.4. The van der Waals surface area contributed by atoms with Crippen molar-refractivity contribution in [3.05, 3.63) is 58.4 Å². The molecule has 2 aromatic carbocycles. The van der Waals surface area contributed by atoms with Crippen molar-refractivity contribution in [1.82, 2.24) is 0 Å². The number of halogens is 1. The summed E-state index contributed by atoms with van der Waals surface area (Å²) in [5.74, 6) is -0.848. The van der Waals surface area contributed by atoms with Crippen LogP contribution < -0.4 is 15.3 Å². The predicted octanol–water partition coefficient (Wildman–Crippen LogP) is 0.875. The number of fused-ring (bicyclic) bond motifs is 1. The number of sulfonamides is 1. The molecule has 112 valence electrons. The van der Waals surface area contributed by atoms with E-state index >= 15 is 0 Å². The second-order valence-electron chi connectivity index (χ2n) is 4.88. The molecule has 1 aliphatic rings. The van der Waals surface area contributed by atoms with E-state index in [-0.39, 0.29) is 4.90 Å². The summed E-state index contributed by atoms with van der Waals surface area (Å²) in [7, 11) is -3.83. The van der Waals surface area contributed by atoms with Crippen LogP contribution >= 0.6 is 0 Å². The zero-order valence-electron chi connectivity index (χ0n) is 11.5. The molecule has 0 atom stereocenters. The van der Waals surface area contributed by atoms with Crippen LogP contribution in [0, 0.1) is 12.7 Å². The zero-order valence-corrected chi connectivity index (χ0v) is 12.3. The quantitative estimate of drug-likeness (QED) is 0.912. The lowest BCUT2D eigenvalue weighted by Gasteiger charge is -2.10. The maximum Gasteiger partial charge on any atom is 0.270 e. The fourth-order valence-electron chi connectivity index (χ4n) is 2.15. The van der Waals surface area contributed by atoms with Gasteiger partial charge in [-0.1, -0.05) is 0 Å². The Morgan fingerprint density at radius 1 is 1.14 bits per heavy atom. The lowest BCUT2D eigenvalue weighted by molar-refractivity contribution is -0.112. The van der Waals surface area contributed by atoms with Gasteiger partial charge in [0.1, 0.15) is 5.82 Å². The third-order valence-corrected chi connectivity index (χ3v) is 4.61. The van der Waals surface area contributed by atoms with E-state index in [0.717, 1.165) is 0 Å². The van der Waals surface area contributed by atoms with Crippen molar-refractivity contribution in [1.29, 1.82) is 0 Å². The number of carbonyl (C=O) groups is 1. The molecule has 0 bridgehead atoms. The van der Waals surface area contributed by atoms with Gasteiger partial charge in [0.2, 0.25) is 0 Å². The van der Waals surface area contributed by atoms with Gasteiger partial charge in [-0.25, -0.2) is 17.8 Å². The molecule has 22 heavy (non-hydrogen) atoms. The summed E-state index contributed by atoms with van der Waals surface area (Å²) >= 11 is 0. The summed E-state index contributed by atoms with van der Waals surface area (Å²) in [6.45, 7) is 1.61. The first-order chi connectivity index (χ1) is 10.3. The van der Waals surface area contributed by atoms with Crippen LogP contribution in [0.1, 0.15) is 5.56 Å². The number of amides is 1. The maximum atomic E-state index is 13.1. The van der Waals surface area contributed by atoms with Crippen LogP contribution in [-0.2, 0) is 14.8 Å². The average molecular weight is 318 g/mol. The van der Waals surface area contributed by atoms with Crippen LogP contribution in [-0.4, -0.2) is 14.3 Å². The van der Waals surface area contributed by atoms with E-state index in [1.165, 1.54) is 42.5 Å². The third kappa shape index (κ3) is 2.62. The molecule has 0 unspecified atom stereocenters. The molecular formula is C15H11FN2O3S. The van der Waals surface area contributed by atoms with E-state index in [2.05, 4.69) is 9.71 Å². The van der Waals surface area contributed by atoms with Gasteiger partial charge in [0, 0.05) is 11.3 Å². The Morgan fingerprint density at radius 3 is 2.64 bits per heavy atom. The van der Waals surface area contributed by atoms with Crippen molar-refractivity contribution in [3.63, 3.8) is 0 Å². The van der Waals surface area contributed by atoms with E-state index in [9.17, 15) is 17.6 Å². The highest BCUT2D eigenvalue weighted by molar-refractivity contribution is 7.92. The lowest BCUT2D eigenvalue weighted by Crippen LogP contribution is -2.24. The van der Waals surface area contributed by atoms with E-state index in [4.69, 9.17) is 0 Å². The number of anilines is 1. The molecule has 7 heteroatoms. The molecule has 3 rings (SSSR count). The van der Waals surface area contributed by atoms with Crippen molar-refractivity contribution in [3.8, 4) is 0 Å². The second kappa shape index (κ2) is 5.03. The van der Waals surface area contributed by atoms with Crippen molar-refractivity contribution in [2.75, 3.05) is 4.72 Å². The van der Waals surface area contributed by atoms with Gasteiger partial charge in [0.25, 0.3) is 15.9 Å². The fourth-order valence-corrected chi connectivity index (χ4v) is 3.31. The van der Waals surface area contributed by atoms with Gasteiger partial charge in [-0.3, -0.25) is 9.52 Å². The third-order valence-electron chi connectivity index (χ3n) is 3.25. The van der Waals surface area contributed by atoms with Crippen LogP contribution in [0.3, 0.4) is 0 Å². The molecule has 0 spiro atoms. The summed E-state index contributed by atoms with van der Waals surface area (Å²) in [5.41, 5.74) is 0.771. The summed E-state index contributed by atoms with van der Waals surface area (Å²) < 4.78 is 40.2. The van der Waals surface area contributed by atoms with Crippen LogP contribution in [0.4, 0.5) is 10.1 Å². The van der Waals surface area contributed by atoms with E-state index < -0.39 is 21.7 Å². The Labute approximate surface area is 125 Å². The molecule has 0 aromatic heterocycles. The minimum Gasteiger partial charge on any atom is -0.279 e. The smallest absolute Gasteiger partial charge is 0.270 e. The number of hydrogen-bond donors (Lipinski definition) is 1. The lowest BCUT2D eigenvalue weighted by atomic mass is 10.2. The predicted molar refractivity (Wildman–Crippen MR) is 78.6 cm³/mol. The first-order valence-electron chi connectivity index (χ1n) is 6.39. The largest absolute Gasteiger partial charge is 0.279 e. The number of hydrogen-bond acceptors (Lipinski definition) is 3. The standard InChI is InChI=1S/C15H11FN2O3S/c1-9-6-11(16)2-4-13(9)18-22(20,21)12-3-5-14-10(7-12)8-15(19)17-14/h2-8,18H,1H3. The Morgan fingerprint density at radius 2 is 1.91 bits per heavy atom. The molecule has 1 amide bonds. The molecule has 2 aromatic rings. The normalized spacial score (nSPS) is 13.3. The molecule has 5 nitrogen and oxygen atoms in total. The van der Waals surface area contributed by atoms with Crippen LogP contribution in [0.25, 0.3) is 6.08 Å². The van der Waals surface area contributed by atoms with Crippen molar-refractivity contribution < 1.29 is 17.6 Å². The average Bonchev–Trinajstić information content (AvgIpc) is 2.81. The number of benzene rings is 2. The molecule has 0 radical (unpaired) electrons. The minimum absolute atomic E-state index is 0.0103. The van der Waals surface area contributed by atoms with Crippen molar-refractivity contribution >= 4 is 27.7 Å². The summed E-state index contributed by atoms with van der Waals surface area (Å²) in [6.07, 6.45) is 1.28. The minimum atomic E-state index is -3.83. The van der Waals surface area contributed by atoms with Gasteiger partial charge in [0.05, 0.1) is 15.9 Å². The molecule has 0 fully saturated rings. The Balaban J connectivity index is 2.01. The molecular weight excluding hydrogens is 307 g/mol. The zero-order chi connectivity index (χ0) is 15.9. The van der Waals surface area contributed by atoms with E-state index in [1.807, 2.05) is 0 Å². The SMILES string of the molecule is Cc1cc(F)ccc1NS(=O)(=O)c1ccc2c(c1)=CC(=O)N=2.